The van der Waals surface area contributed by atoms with Gasteiger partial charge >= 0.3 is 0 Å². The zero-order valence-corrected chi connectivity index (χ0v) is 11.5. The molecule has 1 fully saturated rings. The first-order valence-electron chi connectivity index (χ1n) is 6.71. The Morgan fingerprint density at radius 1 is 1.17 bits per heavy atom. The number of para-hydroxylation sites is 1. The Bertz CT molecular complexity index is 403. The van der Waals surface area contributed by atoms with E-state index < -0.39 is 0 Å². The number of benzene rings is 1. The average molecular weight is 246 g/mol. The van der Waals surface area contributed by atoms with Crippen molar-refractivity contribution in [2.45, 2.75) is 46.1 Å². The molecule has 0 radical (unpaired) electrons. The topological polar surface area (TPSA) is 26.3 Å². The van der Waals surface area contributed by atoms with E-state index in [1.165, 1.54) is 0 Å². The molecule has 0 amide bonds. The predicted molar refractivity (Wildman–Crippen MR) is 72.7 cm³/mol. The summed E-state index contributed by atoms with van der Waals surface area (Å²) in [5.41, 5.74) is 0.249. The summed E-state index contributed by atoms with van der Waals surface area (Å²) in [5.74, 6) is 1.61. The lowest BCUT2D eigenvalue weighted by Crippen LogP contribution is -2.38. The molecule has 2 rings (SSSR count). The van der Waals surface area contributed by atoms with Crippen molar-refractivity contribution in [1.29, 1.82) is 0 Å². The van der Waals surface area contributed by atoms with E-state index in [9.17, 15) is 4.79 Å². The molecule has 1 aliphatic carbocycles. The summed E-state index contributed by atoms with van der Waals surface area (Å²) < 4.78 is 5.84. The quantitative estimate of drug-likeness (QED) is 0.792. The second kappa shape index (κ2) is 5.13. The fourth-order valence-electron chi connectivity index (χ4n) is 2.55. The van der Waals surface area contributed by atoms with Crippen molar-refractivity contribution >= 4 is 5.78 Å². The van der Waals surface area contributed by atoms with Crippen LogP contribution in [0.25, 0.3) is 0 Å². The van der Waals surface area contributed by atoms with E-state index in [1.807, 2.05) is 30.3 Å². The van der Waals surface area contributed by atoms with Crippen molar-refractivity contribution in [2.24, 2.45) is 11.3 Å². The minimum absolute atomic E-state index is 0.249. The van der Waals surface area contributed by atoms with E-state index in [1.54, 1.807) is 0 Å². The molecule has 0 saturated heterocycles. The maximum absolute atomic E-state index is 11.9. The molecule has 1 aromatic carbocycles. The van der Waals surface area contributed by atoms with Gasteiger partial charge in [-0.25, -0.2) is 0 Å². The SMILES string of the molecule is CC(C)(C)[C@H]1CCC(=O)[C@@H](Oc2ccccc2)C1. The first-order chi connectivity index (χ1) is 8.47. The number of hydrogen-bond donors (Lipinski definition) is 0. The molecular weight excluding hydrogens is 224 g/mol. The van der Waals surface area contributed by atoms with Crippen molar-refractivity contribution in [2.75, 3.05) is 0 Å². The van der Waals surface area contributed by atoms with E-state index in [4.69, 9.17) is 4.74 Å². The molecule has 1 saturated carbocycles. The van der Waals surface area contributed by atoms with Crippen LogP contribution in [0.4, 0.5) is 0 Å². The summed E-state index contributed by atoms with van der Waals surface area (Å²) in [4.78, 5) is 11.9. The van der Waals surface area contributed by atoms with Gasteiger partial charge in [0.25, 0.3) is 0 Å². The van der Waals surface area contributed by atoms with Crippen LogP contribution in [-0.2, 0) is 4.79 Å². The van der Waals surface area contributed by atoms with Crippen LogP contribution in [0.1, 0.15) is 40.0 Å². The monoisotopic (exact) mass is 246 g/mol. The fraction of sp³-hybridized carbons (Fsp3) is 0.562. The number of rotatable bonds is 2. The van der Waals surface area contributed by atoms with Gasteiger partial charge in [-0.2, -0.15) is 0 Å². The summed E-state index contributed by atoms with van der Waals surface area (Å²) in [6, 6.07) is 9.64. The molecule has 98 valence electrons. The first kappa shape index (κ1) is 13.1. The van der Waals surface area contributed by atoms with Crippen LogP contribution in [0, 0.1) is 11.3 Å². The van der Waals surface area contributed by atoms with Gasteiger partial charge in [-0.1, -0.05) is 39.0 Å². The number of carbonyl (C=O) groups is 1. The Morgan fingerprint density at radius 2 is 1.83 bits per heavy atom. The third-order valence-corrected chi connectivity index (χ3v) is 3.84. The van der Waals surface area contributed by atoms with Gasteiger partial charge in [0.2, 0.25) is 0 Å². The molecule has 0 aromatic heterocycles. The lowest BCUT2D eigenvalue weighted by atomic mass is 9.71. The molecule has 0 aliphatic heterocycles. The van der Waals surface area contributed by atoms with E-state index in [0.717, 1.165) is 18.6 Å². The minimum atomic E-state index is -0.259. The normalized spacial score (nSPS) is 24.9. The first-order valence-corrected chi connectivity index (χ1v) is 6.71. The lowest BCUT2D eigenvalue weighted by Gasteiger charge is -2.36. The Labute approximate surface area is 109 Å². The van der Waals surface area contributed by atoms with Gasteiger partial charge < -0.3 is 4.74 Å². The second-order valence-corrected chi connectivity index (χ2v) is 6.22. The van der Waals surface area contributed by atoms with Gasteiger partial charge in [0.05, 0.1) is 0 Å². The zero-order chi connectivity index (χ0) is 13.2. The minimum Gasteiger partial charge on any atom is -0.483 e. The standard InChI is InChI=1S/C16H22O2/c1-16(2,3)12-9-10-14(17)15(11-12)18-13-7-5-4-6-8-13/h4-8,12,15H,9-11H2,1-3H3/t12-,15-/m0/s1. The highest BCUT2D eigenvalue weighted by atomic mass is 16.5. The highest BCUT2D eigenvalue weighted by Gasteiger charge is 2.35. The van der Waals surface area contributed by atoms with Gasteiger partial charge in [0, 0.05) is 6.42 Å². The van der Waals surface area contributed by atoms with Crippen molar-refractivity contribution in [3.63, 3.8) is 0 Å². The summed E-state index contributed by atoms with van der Waals surface area (Å²) in [6.07, 6.45) is 2.23. The van der Waals surface area contributed by atoms with Crippen LogP contribution >= 0.6 is 0 Å². The highest BCUT2D eigenvalue weighted by Crippen LogP contribution is 2.37. The Hall–Kier alpha value is -1.31. The molecule has 0 heterocycles. The number of hydrogen-bond acceptors (Lipinski definition) is 2. The lowest BCUT2D eigenvalue weighted by molar-refractivity contribution is -0.130. The predicted octanol–water partition coefficient (Wildman–Crippen LogP) is 3.85. The molecule has 2 atom stereocenters. The summed E-state index contributed by atoms with van der Waals surface area (Å²) >= 11 is 0. The number of ether oxygens (including phenoxy) is 1. The molecule has 18 heavy (non-hydrogen) atoms. The van der Waals surface area contributed by atoms with Crippen molar-refractivity contribution in [3.8, 4) is 5.75 Å². The maximum Gasteiger partial charge on any atom is 0.173 e. The van der Waals surface area contributed by atoms with Crippen molar-refractivity contribution in [3.05, 3.63) is 30.3 Å². The average Bonchev–Trinajstić information content (AvgIpc) is 2.32. The Balaban J connectivity index is 2.05. The third kappa shape index (κ3) is 3.12. The van der Waals surface area contributed by atoms with Crippen LogP contribution in [0.15, 0.2) is 30.3 Å². The van der Waals surface area contributed by atoms with Crippen LogP contribution < -0.4 is 4.74 Å². The molecule has 2 nitrogen and oxygen atoms in total. The Morgan fingerprint density at radius 3 is 2.44 bits per heavy atom. The van der Waals surface area contributed by atoms with E-state index in [-0.39, 0.29) is 17.3 Å². The second-order valence-electron chi connectivity index (χ2n) is 6.22. The van der Waals surface area contributed by atoms with E-state index in [0.29, 0.717) is 12.3 Å². The van der Waals surface area contributed by atoms with Crippen LogP contribution in [0.3, 0.4) is 0 Å². The Kier molecular flexibility index (Phi) is 3.74. The van der Waals surface area contributed by atoms with Crippen LogP contribution in [-0.4, -0.2) is 11.9 Å². The van der Waals surface area contributed by atoms with Crippen LogP contribution in [0.5, 0.6) is 5.75 Å². The van der Waals surface area contributed by atoms with Gasteiger partial charge in [0.1, 0.15) is 5.75 Å². The molecular formula is C16H22O2. The summed E-state index contributed by atoms with van der Waals surface area (Å²) in [6.45, 7) is 6.73. The number of ketones is 1. The van der Waals surface area contributed by atoms with Gasteiger partial charge in [0.15, 0.2) is 11.9 Å². The largest absolute Gasteiger partial charge is 0.483 e. The fourth-order valence-corrected chi connectivity index (χ4v) is 2.55. The third-order valence-electron chi connectivity index (χ3n) is 3.84. The van der Waals surface area contributed by atoms with E-state index >= 15 is 0 Å². The van der Waals surface area contributed by atoms with Crippen LogP contribution in [0.2, 0.25) is 0 Å². The molecule has 0 spiro atoms. The highest BCUT2D eigenvalue weighted by molar-refractivity contribution is 5.84. The summed E-state index contributed by atoms with van der Waals surface area (Å²) in [7, 11) is 0. The summed E-state index contributed by atoms with van der Waals surface area (Å²) in [5, 5.41) is 0. The smallest absolute Gasteiger partial charge is 0.173 e. The van der Waals surface area contributed by atoms with Crippen molar-refractivity contribution < 1.29 is 9.53 Å². The van der Waals surface area contributed by atoms with Gasteiger partial charge in [-0.3, -0.25) is 4.79 Å². The molecule has 1 aromatic rings. The van der Waals surface area contributed by atoms with Gasteiger partial charge in [-0.05, 0) is 36.3 Å². The van der Waals surface area contributed by atoms with Gasteiger partial charge in [-0.15, -0.1) is 0 Å². The molecule has 2 heteroatoms. The molecule has 0 bridgehead atoms. The number of carbonyl (C=O) groups excluding carboxylic acids is 1. The molecule has 0 N–H and O–H groups in total. The number of Topliss-reactive ketones (excluding diaryl/α,β-unsaturated/α-hetero) is 1. The zero-order valence-electron chi connectivity index (χ0n) is 11.5. The van der Waals surface area contributed by atoms with Crippen molar-refractivity contribution in [1.82, 2.24) is 0 Å². The maximum atomic E-state index is 11.9. The van der Waals surface area contributed by atoms with E-state index in [2.05, 4.69) is 20.8 Å². The molecule has 1 aliphatic rings. The molecule has 0 unspecified atom stereocenters.